The molecule has 19 heavy (non-hydrogen) atoms. The van der Waals surface area contributed by atoms with E-state index in [1.165, 1.54) is 5.56 Å². The van der Waals surface area contributed by atoms with Gasteiger partial charge in [-0.3, -0.25) is 4.79 Å². The van der Waals surface area contributed by atoms with E-state index in [1.54, 1.807) is 0 Å². The molecule has 0 radical (unpaired) electrons. The molecule has 4 nitrogen and oxygen atoms in total. The van der Waals surface area contributed by atoms with Gasteiger partial charge in [0.25, 0.3) is 0 Å². The summed E-state index contributed by atoms with van der Waals surface area (Å²) in [7, 11) is 0. The molecule has 2 rings (SSSR count). The molecule has 104 valence electrons. The Morgan fingerprint density at radius 2 is 2.00 bits per heavy atom. The van der Waals surface area contributed by atoms with Crippen molar-refractivity contribution < 1.29 is 4.79 Å². The van der Waals surface area contributed by atoms with Crippen LogP contribution in [0.15, 0.2) is 30.3 Å². The third kappa shape index (κ3) is 3.55. The van der Waals surface area contributed by atoms with Crippen LogP contribution < -0.4 is 16.2 Å². The van der Waals surface area contributed by atoms with Gasteiger partial charge in [0.2, 0.25) is 5.91 Å². The second-order valence-corrected chi connectivity index (χ2v) is 5.77. The van der Waals surface area contributed by atoms with Crippen molar-refractivity contribution >= 4 is 5.91 Å². The van der Waals surface area contributed by atoms with Crippen molar-refractivity contribution in [2.24, 2.45) is 0 Å². The van der Waals surface area contributed by atoms with Crippen molar-refractivity contribution in [1.29, 1.82) is 0 Å². The van der Waals surface area contributed by atoms with E-state index in [4.69, 9.17) is 0 Å². The minimum Gasteiger partial charge on any atom is -0.350 e. The normalized spacial score (nSPS) is 23.3. The summed E-state index contributed by atoms with van der Waals surface area (Å²) < 4.78 is 0. The summed E-state index contributed by atoms with van der Waals surface area (Å²) in [6, 6.07) is 10.2. The van der Waals surface area contributed by atoms with Crippen molar-refractivity contribution in [2.75, 3.05) is 0 Å². The Morgan fingerprint density at radius 3 is 2.63 bits per heavy atom. The van der Waals surface area contributed by atoms with E-state index in [0.717, 1.165) is 12.8 Å². The van der Waals surface area contributed by atoms with Crippen LogP contribution in [-0.2, 0) is 4.79 Å². The Balaban J connectivity index is 1.93. The van der Waals surface area contributed by atoms with Gasteiger partial charge in [0.1, 0.15) is 6.04 Å². The summed E-state index contributed by atoms with van der Waals surface area (Å²) in [6.45, 7) is 6.16. The SMILES string of the molecule is CCC(C)(C)NC(=O)C1CC(c2ccccc2)NN1. The summed E-state index contributed by atoms with van der Waals surface area (Å²) in [6.07, 6.45) is 1.69. The fraction of sp³-hybridized carbons (Fsp3) is 0.533. The molecule has 1 fully saturated rings. The van der Waals surface area contributed by atoms with Gasteiger partial charge < -0.3 is 5.32 Å². The van der Waals surface area contributed by atoms with Crippen molar-refractivity contribution in [1.82, 2.24) is 16.2 Å². The monoisotopic (exact) mass is 261 g/mol. The van der Waals surface area contributed by atoms with Crippen molar-refractivity contribution in [3.63, 3.8) is 0 Å². The predicted octanol–water partition coefficient (Wildman–Crippen LogP) is 1.90. The summed E-state index contributed by atoms with van der Waals surface area (Å²) in [5, 5.41) is 3.08. The zero-order valence-corrected chi connectivity index (χ0v) is 11.9. The highest BCUT2D eigenvalue weighted by atomic mass is 16.2. The molecule has 0 bridgehead atoms. The first-order valence-corrected chi connectivity index (χ1v) is 6.90. The molecule has 1 saturated heterocycles. The fourth-order valence-electron chi connectivity index (χ4n) is 2.14. The molecule has 1 aliphatic rings. The van der Waals surface area contributed by atoms with E-state index in [-0.39, 0.29) is 23.5 Å². The fourth-order valence-corrected chi connectivity index (χ4v) is 2.14. The van der Waals surface area contributed by atoms with Crippen molar-refractivity contribution in [2.45, 2.75) is 51.2 Å². The van der Waals surface area contributed by atoms with Gasteiger partial charge in [-0.25, -0.2) is 10.9 Å². The number of hydrazine groups is 1. The molecule has 1 aromatic rings. The molecule has 0 aromatic heterocycles. The number of hydrogen-bond donors (Lipinski definition) is 3. The Hall–Kier alpha value is -1.39. The molecule has 0 aliphatic carbocycles. The van der Waals surface area contributed by atoms with Gasteiger partial charge >= 0.3 is 0 Å². The van der Waals surface area contributed by atoms with Crippen molar-refractivity contribution in [3.05, 3.63) is 35.9 Å². The van der Waals surface area contributed by atoms with E-state index in [1.807, 2.05) is 32.0 Å². The van der Waals surface area contributed by atoms with Crippen LogP contribution in [0.2, 0.25) is 0 Å². The second-order valence-electron chi connectivity index (χ2n) is 5.77. The average Bonchev–Trinajstić information content (AvgIpc) is 2.89. The lowest BCUT2D eigenvalue weighted by molar-refractivity contribution is -0.124. The van der Waals surface area contributed by atoms with Gasteiger partial charge in [0.15, 0.2) is 0 Å². The van der Waals surface area contributed by atoms with Gasteiger partial charge in [-0.2, -0.15) is 0 Å². The van der Waals surface area contributed by atoms with E-state index < -0.39 is 0 Å². The highest BCUT2D eigenvalue weighted by Crippen LogP contribution is 2.22. The molecule has 4 heteroatoms. The average molecular weight is 261 g/mol. The zero-order valence-electron chi connectivity index (χ0n) is 11.9. The molecule has 1 heterocycles. The number of benzene rings is 1. The van der Waals surface area contributed by atoms with E-state index in [0.29, 0.717) is 0 Å². The number of nitrogens with one attached hydrogen (secondary N) is 3. The Bertz CT molecular complexity index is 430. The topological polar surface area (TPSA) is 53.2 Å². The quantitative estimate of drug-likeness (QED) is 0.776. The van der Waals surface area contributed by atoms with E-state index in [9.17, 15) is 4.79 Å². The Morgan fingerprint density at radius 1 is 1.32 bits per heavy atom. The molecule has 2 atom stereocenters. The van der Waals surface area contributed by atoms with Crippen LogP contribution in [-0.4, -0.2) is 17.5 Å². The summed E-state index contributed by atoms with van der Waals surface area (Å²) in [4.78, 5) is 12.2. The Labute approximate surface area is 114 Å². The number of rotatable bonds is 4. The van der Waals surface area contributed by atoms with E-state index >= 15 is 0 Å². The first-order chi connectivity index (χ1) is 9.02. The lowest BCUT2D eigenvalue weighted by Gasteiger charge is -2.26. The summed E-state index contributed by atoms with van der Waals surface area (Å²) in [5.74, 6) is 0.0674. The standard InChI is InChI=1S/C15H23N3O/c1-4-15(2,3)16-14(19)13-10-12(17-18-13)11-8-6-5-7-9-11/h5-9,12-13,17-18H,4,10H2,1-3H3,(H,16,19). The molecule has 3 N–H and O–H groups in total. The zero-order chi connectivity index (χ0) is 13.9. The lowest BCUT2D eigenvalue weighted by Crippen LogP contribution is -2.51. The third-order valence-corrected chi connectivity index (χ3v) is 3.77. The van der Waals surface area contributed by atoms with Crippen LogP contribution >= 0.6 is 0 Å². The minimum atomic E-state index is -0.170. The van der Waals surface area contributed by atoms with Crippen LogP contribution in [0, 0.1) is 0 Å². The number of carbonyl (C=O) groups excluding carboxylic acids is 1. The Kier molecular flexibility index (Phi) is 4.22. The maximum Gasteiger partial charge on any atom is 0.238 e. The van der Waals surface area contributed by atoms with Crippen LogP contribution in [0.5, 0.6) is 0 Å². The van der Waals surface area contributed by atoms with Crippen LogP contribution in [0.1, 0.15) is 45.2 Å². The molecular weight excluding hydrogens is 238 g/mol. The third-order valence-electron chi connectivity index (χ3n) is 3.77. The first-order valence-electron chi connectivity index (χ1n) is 6.90. The highest BCUT2D eigenvalue weighted by Gasteiger charge is 2.32. The summed E-state index contributed by atoms with van der Waals surface area (Å²) in [5.41, 5.74) is 7.35. The number of amides is 1. The minimum absolute atomic E-state index is 0.0674. The van der Waals surface area contributed by atoms with Crippen molar-refractivity contribution in [3.8, 4) is 0 Å². The number of hydrogen-bond acceptors (Lipinski definition) is 3. The molecule has 1 aromatic carbocycles. The molecule has 1 amide bonds. The van der Waals surface area contributed by atoms with Gasteiger partial charge in [-0.05, 0) is 32.3 Å². The van der Waals surface area contributed by atoms with Crippen LogP contribution in [0.4, 0.5) is 0 Å². The first kappa shape index (κ1) is 14.0. The largest absolute Gasteiger partial charge is 0.350 e. The lowest BCUT2D eigenvalue weighted by atomic mass is 9.99. The highest BCUT2D eigenvalue weighted by molar-refractivity contribution is 5.82. The van der Waals surface area contributed by atoms with Crippen LogP contribution in [0.3, 0.4) is 0 Å². The molecule has 2 unspecified atom stereocenters. The van der Waals surface area contributed by atoms with Gasteiger partial charge in [0, 0.05) is 11.6 Å². The summed E-state index contributed by atoms with van der Waals surface area (Å²) >= 11 is 0. The van der Waals surface area contributed by atoms with Gasteiger partial charge in [-0.1, -0.05) is 37.3 Å². The molecule has 1 aliphatic heterocycles. The molecule has 0 saturated carbocycles. The smallest absolute Gasteiger partial charge is 0.238 e. The maximum absolute atomic E-state index is 12.2. The maximum atomic E-state index is 12.2. The van der Waals surface area contributed by atoms with Gasteiger partial charge in [-0.15, -0.1) is 0 Å². The second kappa shape index (κ2) is 5.72. The van der Waals surface area contributed by atoms with Gasteiger partial charge in [0.05, 0.1) is 0 Å². The van der Waals surface area contributed by atoms with Crippen LogP contribution in [0.25, 0.3) is 0 Å². The molecular formula is C15H23N3O. The predicted molar refractivity (Wildman–Crippen MR) is 76.4 cm³/mol. The van der Waals surface area contributed by atoms with E-state index in [2.05, 4.69) is 35.2 Å². The number of carbonyl (C=O) groups is 1. The molecule has 0 spiro atoms.